The number of anilines is 1. The molecule has 8 heteroatoms. The van der Waals surface area contributed by atoms with Crippen LogP contribution in [0.2, 0.25) is 0 Å². The van der Waals surface area contributed by atoms with Crippen molar-refractivity contribution in [3.05, 3.63) is 5.89 Å². The number of carboxylic acids is 1. The van der Waals surface area contributed by atoms with Crippen molar-refractivity contribution in [1.29, 1.82) is 0 Å². The summed E-state index contributed by atoms with van der Waals surface area (Å²) in [5.41, 5.74) is 0. The van der Waals surface area contributed by atoms with E-state index in [1.165, 1.54) is 0 Å². The Kier molecular flexibility index (Phi) is 6.29. The van der Waals surface area contributed by atoms with Crippen LogP contribution in [0.4, 0.5) is 6.01 Å². The number of amides is 1. The molecule has 1 atom stereocenters. The van der Waals surface area contributed by atoms with Gasteiger partial charge in [0.2, 0.25) is 11.8 Å². The van der Waals surface area contributed by atoms with Gasteiger partial charge in [0.1, 0.15) is 0 Å². The molecule has 0 saturated heterocycles. The van der Waals surface area contributed by atoms with Crippen molar-refractivity contribution in [3.63, 3.8) is 0 Å². The zero-order valence-electron chi connectivity index (χ0n) is 12.8. The van der Waals surface area contributed by atoms with E-state index in [-0.39, 0.29) is 37.0 Å². The number of nitrogens with zero attached hydrogens (tertiary/aromatic N) is 3. The van der Waals surface area contributed by atoms with Gasteiger partial charge in [0.05, 0.1) is 13.1 Å². The Morgan fingerprint density at radius 1 is 1.29 bits per heavy atom. The second-order valence-corrected chi connectivity index (χ2v) is 5.20. The fourth-order valence-corrected chi connectivity index (χ4v) is 1.66. The van der Waals surface area contributed by atoms with Crippen LogP contribution in [0, 0.1) is 0 Å². The molecule has 1 rings (SSSR count). The summed E-state index contributed by atoms with van der Waals surface area (Å²) in [6.07, 6.45) is 0.749. The largest absolute Gasteiger partial charge is 0.480 e. The Hall–Kier alpha value is -1.96. The standard InChI is InChI=1S/C13H22N4O4/c1-5-9(4)17(7-11(19)20)6-10(18)14-13-16-15-12(21-13)8(2)3/h8-9H,5-7H2,1-4H3,(H,19,20)(H,14,16,18). The average molecular weight is 298 g/mol. The summed E-state index contributed by atoms with van der Waals surface area (Å²) in [6.45, 7) is 7.38. The molecule has 0 aliphatic heterocycles. The predicted molar refractivity (Wildman–Crippen MR) is 76.0 cm³/mol. The first-order chi connectivity index (χ1) is 9.83. The lowest BCUT2D eigenvalue weighted by Crippen LogP contribution is -2.42. The molecular weight excluding hydrogens is 276 g/mol. The number of hydrogen-bond acceptors (Lipinski definition) is 6. The molecule has 1 amide bonds. The van der Waals surface area contributed by atoms with E-state index in [9.17, 15) is 9.59 Å². The quantitative estimate of drug-likeness (QED) is 0.744. The Morgan fingerprint density at radius 2 is 1.95 bits per heavy atom. The monoisotopic (exact) mass is 298 g/mol. The third-order valence-corrected chi connectivity index (χ3v) is 3.08. The van der Waals surface area contributed by atoms with Gasteiger partial charge in [0.25, 0.3) is 0 Å². The minimum absolute atomic E-state index is 0.0132. The minimum Gasteiger partial charge on any atom is -0.480 e. The van der Waals surface area contributed by atoms with E-state index in [4.69, 9.17) is 9.52 Å². The number of carboxylic acid groups (broad SMARTS) is 1. The maximum atomic E-state index is 11.9. The van der Waals surface area contributed by atoms with Crippen LogP contribution in [0.25, 0.3) is 0 Å². The van der Waals surface area contributed by atoms with Gasteiger partial charge in [-0.2, -0.15) is 0 Å². The fraction of sp³-hybridized carbons (Fsp3) is 0.692. The van der Waals surface area contributed by atoms with Crippen molar-refractivity contribution in [2.45, 2.75) is 46.1 Å². The molecule has 2 N–H and O–H groups in total. The van der Waals surface area contributed by atoms with Crippen molar-refractivity contribution < 1.29 is 19.1 Å². The molecule has 0 aromatic carbocycles. The van der Waals surface area contributed by atoms with Crippen LogP contribution in [0.5, 0.6) is 0 Å². The average Bonchev–Trinajstić information content (AvgIpc) is 2.85. The highest BCUT2D eigenvalue weighted by Crippen LogP contribution is 2.14. The Bertz CT molecular complexity index is 486. The molecule has 1 aromatic heterocycles. The van der Waals surface area contributed by atoms with Gasteiger partial charge in [-0.3, -0.25) is 19.8 Å². The van der Waals surface area contributed by atoms with E-state index < -0.39 is 5.97 Å². The van der Waals surface area contributed by atoms with Gasteiger partial charge < -0.3 is 9.52 Å². The first kappa shape index (κ1) is 17.1. The van der Waals surface area contributed by atoms with Gasteiger partial charge in [-0.25, -0.2) is 0 Å². The molecule has 1 unspecified atom stereocenters. The Morgan fingerprint density at radius 3 is 2.43 bits per heavy atom. The van der Waals surface area contributed by atoms with Gasteiger partial charge in [0, 0.05) is 12.0 Å². The van der Waals surface area contributed by atoms with Crippen LogP contribution < -0.4 is 5.32 Å². The zero-order chi connectivity index (χ0) is 16.0. The molecule has 1 heterocycles. The highest BCUT2D eigenvalue weighted by molar-refractivity contribution is 5.90. The summed E-state index contributed by atoms with van der Waals surface area (Å²) < 4.78 is 5.28. The maximum Gasteiger partial charge on any atom is 0.322 e. The molecule has 0 spiro atoms. The maximum absolute atomic E-state index is 11.9. The number of nitrogens with one attached hydrogen (secondary N) is 1. The summed E-state index contributed by atoms with van der Waals surface area (Å²) in [4.78, 5) is 24.3. The fourth-order valence-electron chi connectivity index (χ4n) is 1.66. The van der Waals surface area contributed by atoms with E-state index in [1.54, 1.807) is 4.90 Å². The van der Waals surface area contributed by atoms with Crippen LogP contribution >= 0.6 is 0 Å². The van der Waals surface area contributed by atoms with Crippen LogP contribution in [-0.2, 0) is 9.59 Å². The van der Waals surface area contributed by atoms with Gasteiger partial charge in [0.15, 0.2) is 0 Å². The Balaban J connectivity index is 2.62. The summed E-state index contributed by atoms with van der Waals surface area (Å²) in [5.74, 6) is -0.833. The lowest BCUT2D eigenvalue weighted by molar-refractivity contribution is -0.139. The van der Waals surface area contributed by atoms with E-state index >= 15 is 0 Å². The van der Waals surface area contributed by atoms with Crippen molar-refractivity contribution in [2.24, 2.45) is 0 Å². The molecule has 0 saturated carbocycles. The molecule has 0 aliphatic carbocycles. The number of aliphatic carboxylic acids is 1. The number of carbonyl (C=O) groups excluding carboxylic acids is 1. The van der Waals surface area contributed by atoms with Crippen molar-refractivity contribution in [3.8, 4) is 0 Å². The number of carbonyl (C=O) groups is 2. The van der Waals surface area contributed by atoms with Crippen LogP contribution in [0.15, 0.2) is 4.42 Å². The minimum atomic E-state index is -0.969. The second-order valence-electron chi connectivity index (χ2n) is 5.20. The van der Waals surface area contributed by atoms with Crippen LogP contribution in [0.3, 0.4) is 0 Å². The van der Waals surface area contributed by atoms with Crippen molar-refractivity contribution in [1.82, 2.24) is 15.1 Å². The molecule has 0 aliphatic rings. The van der Waals surface area contributed by atoms with Gasteiger partial charge in [-0.1, -0.05) is 25.9 Å². The van der Waals surface area contributed by atoms with E-state index in [0.717, 1.165) is 6.42 Å². The van der Waals surface area contributed by atoms with Crippen molar-refractivity contribution >= 4 is 17.9 Å². The van der Waals surface area contributed by atoms with E-state index in [0.29, 0.717) is 5.89 Å². The summed E-state index contributed by atoms with van der Waals surface area (Å²) in [6, 6.07) is 0.0175. The molecular formula is C13H22N4O4. The van der Waals surface area contributed by atoms with Gasteiger partial charge >= 0.3 is 12.0 Å². The first-order valence-corrected chi connectivity index (χ1v) is 6.92. The topological polar surface area (TPSA) is 109 Å². The highest BCUT2D eigenvalue weighted by atomic mass is 16.4. The number of hydrogen-bond donors (Lipinski definition) is 2. The first-order valence-electron chi connectivity index (χ1n) is 6.92. The van der Waals surface area contributed by atoms with Crippen LogP contribution in [-0.4, -0.2) is 51.2 Å². The van der Waals surface area contributed by atoms with Gasteiger partial charge in [-0.15, -0.1) is 5.10 Å². The molecule has 1 aromatic rings. The van der Waals surface area contributed by atoms with E-state index in [1.807, 2.05) is 27.7 Å². The smallest absolute Gasteiger partial charge is 0.322 e. The number of rotatable bonds is 8. The molecule has 0 fully saturated rings. The van der Waals surface area contributed by atoms with Gasteiger partial charge in [-0.05, 0) is 13.3 Å². The summed E-state index contributed by atoms with van der Waals surface area (Å²) >= 11 is 0. The number of aromatic nitrogens is 2. The SMILES string of the molecule is CCC(C)N(CC(=O)O)CC(=O)Nc1nnc(C(C)C)o1. The molecule has 21 heavy (non-hydrogen) atoms. The highest BCUT2D eigenvalue weighted by Gasteiger charge is 2.20. The molecule has 118 valence electrons. The second kappa shape index (κ2) is 7.72. The summed E-state index contributed by atoms with van der Waals surface area (Å²) in [5, 5.41) is 18.9. The normalized spacial score (nSPS) is 12.7. The lowest BCUT2D eigenvalue weighted by Gasteiger charge is -2.25. The molecule has 8 nitrogen and oxygen atoms in total. The predicted octanol–water partition coefficient (Wildman–Crippen LogP) is 1.32. The Labute approximate surface area is 123 Å². The zero-order valence-corrected chi connectivity index (χ0v) is 12.8. The molecule has 0 radical (unpaired) electrons. The molecule has 0 bridgehead atoms. The van der Waals surface area contributed by atoms with Crippen molar-refractivity contribution in [2.75, 3.05) is 18.4 Å². The summed E-state index contributed by atoms with van der Waals surface area (Å²) in [7, 11) is 0. The third kappa shape index (κ3) is 5.50. The third-order valence-electron chi connectivity index (χ3n) is 3.08. The lowest BCUT2D eigenvalue weighted by atomic mass is 10.2. The van der Waals surface area contributed by atoms with Crippen LogP contribution in [0.1, 0.15) is 45.9 Å². The van der Waals surface area contributed by atoms with E-state index in [2.05, 4.69) is 15.5 Å².